The van der Waals surface area contributed by atoms with E-state index < -0.39 is 18.7 Å². The monoisotopic (exact) mass is 199 g/mol. The van der Waals surface area contributed by atoms with Gasteiger partial charge in [0, 0.05) is 13.0 Å². The predicted octanol–water partition coefficient (Wildman–Crippen LogP) is 1.69. The van der Waals surface area contributed by atoms with Crippen molar-refractivity contribution < 1.29 is 18.3 Å². The fourth-order valence-corrected chi connectivity index (χ4v) is 0.886. The molecule has 0 saturated heterocycles. The zero-order valence-electron chi connectivity index (χ0n) is 7.69. The van der Waals surface area contributed by atoms with Gasteiger partial charge in [0.25, 0.3) is 0 Å². The number of rotatable bonds is 6. The second-order valence-electron chi connectivity index (χ2n) is 3.13. The van der Waals surface area contributed by atoms with E-state index in [0.29, 0.717) is 19.5 Å². The van der Waals surface area contributed by atoms with Gasteiger partial charge in [0.2, 0.25) is 0 Å². The van der Waals surface area contributed by atoms with Gasteiger partial charge in [-0.3, -0.25) is 0 Å². The first-order valence-corrected chi connectivity index (χ1v) is 4.37. The van der Waals surface area contributed by atoms with Crippen molar-refractivity contribution in [2.45, 2.75) is 38.5 Å². The van der Waals surface area contributed by atoms with E-state index in [0.717, 1.165) is 0 Å². The SMILES string of the molecule is C[C@@H](O)CNCCCCC(F)(F)F. The number of unbranched alkanes of at least 4 members (excludes halogenated alkanes) is 1. The zero-order chi connectivity index (χ0) is 10.3. The van der Waals surface area contributed by atoms with Crippen LogP contribution < -0.4 is 5.32 Å². The molecule has 0 aliphatic carbocycles. The number of alkyl halides is 3. The molecule has 0 aromatic rings. The molecular weight excluding hydrogens is 183 g/mol. The van der Waals surface area contributed by atoms with Gasteiger partial charge >= 0.3 is 6.18 Å². The average molecular weight is 199 g/mol. The summed E-state index contributed by atoms with van der Waals surface area (Å²) in [5.74, 6) is 0. The molecule has 2 nitrogen and oxygen atoms in total. The van der Waals surface area contributed by atoms with Crippen LogP contribution in [0.15, 0.2) is 0 Å². The minimum atomic E-state index is -4.04. The molecule has 0 heterocycles. The number of aliphatic hydroxyl groups excluding tert-OH is 1. The Bertz CT molecular complexity index is 125. The third-order valence-electron chi connectivity index (χ3n) is 1.50. The smallest absolute Gasteiger partial charge is 0.389 e. The molecule has 0 spiro atoms. The highest BCUT2D eigenvalue weighted by Crippen LogP contribution is 2.21. The van der Waals surface area contributed by atoms with Gasteiger partial charge in [0.1, 0.15) is 0 Å². The molecule has 0 fully saturated rings. The summed E-state index contributed by atoms with van der Waals surface area (Å²) in [4.78, 5) is 0. The van der Waals surface area contributed by atoms with Crippen LogP contribution in [0.4, 0.5) is 13.2 Å². The van der Waals surface area contributed by atoms with Gasteiger partial charge in [0.15, 0.2) is 0 Å². The summed E-state index contributed by atoms with van der Waals surface area (Å²) >= 11 is 0. The lowest BCUT2D eigenvalue weighted by Crippen LogP contribution is -2.25. The summed E-state index contributed by atoms with van der Waals surface area (Å²) in [6.07, 6.45) is -4.56. The number of aliphatic hydroxyl groups is 1. The van der Waals surface area contributed by atoms with Gasteiger partial charge in [-0.25, -0.2) is 0 Å². The maximum absolute atomic E-state index is 11.6. The molecule has 80 valence electrons. The molecule has 5 heteroatoms. The Labute approximate surface area is 76.1 Å². The fourth-order valence-electron chi connectivity index (χ4n) is 0.886. The lowest BCUT2D eigenvalue weighted by Gasteiger charge is -2.07. The zero-order valence-corrected chi connectivity index (χ0v) is 7.69. The number of hydrogen-bond acceptors (Lipinski definition) is 2. The molecule has 0 aliphatic heterocycles. The lowest BCUT2D eigenvalue weighted by atomic mass is 10.2. The summed E-state index contributed by atoms with van der Waals surface area (Å²) in [5, 5.41) is 11.6. The summed E-state index contributed by atoms with van der Waals surface area (Å²) in [6.45, 7) is 2.59. The van der Waals surface area contributed by atoms with Gasteiger partial charge in [-0.05, 0) is 26.3 Å². The molecule has 13 heavy (non-hydrogen) atoms. The van der Waals surface area contributed by atoms with Crippen LogP contribution in [0, 0.1) is 0 Å². The Morgan fingerprint density at radius 3 is 2.38 bits per heavy atom. The quantitative estimate of drug-likeness (QED) is 0.638. The van der Waals surface area contributed by atoms with Crippen LogP contribution in [0.1, 0.15) is 26.2 Å². The largest absolute Gasteiger partial charge is 0.392 e. The van der Waals surface area contributed by atoms with E-state index in [4.69, 9.17) is 5.11 Å². The number of hydrogen-bond donors (Lipinski definition) is 2. The van der Waals surface area contributed by atoms with Crippen molar-refractivity contribution in [3.8, 4) is 0 Å². The molecule has 0 amide bonds. The Balaban J connectivity index is 3.09. The molecule has 0 radical (unpaired) electrons. The van der Waals surface area contributed by atoms with Crippen LogP contribution in [0.2, 0.25) is 0 Å². The molecular formula is C8H16F3NO. The molecule has 0 aliphatic rings. The third-order valence-corrected chi connectivity index (χ3v) is 1.50. The topological polar surface area (TPSA) is 32.3 Å². The summed E-state index contributed by atoms with van der Waals surface area (Å²) < 4.78 is 34.9. The standard InChI is InChI=1S/C8H16F3NO/c1-7(13)6-12-5-3-2-4-8(9,10)11/h7,12-13H,2-6H2,1H3/t7-/m1/s1. The van der Waals surface area contributed by atoms with E-state index in [-0.39, 0.29) is 6.42 Å². The first kappa shape index (κ1) is 12.7. The summed E-state index contributed by atoms with van der Waals surface area (Å²) in [6, 6.07) is 0. The lowest BCUT2D eigenvalue weighted by molar-refractivity contribution is -0.135. The molecule has 0 bridgehead atoms. The van der Waals surface area contributed by atoms with Crippen LogP contribution in [0.5, 0.6) is 0 Å². The number of nitrogens with one attached hydrogen (secondary N) is 1. The Hall–Kier alpha value is -0.290. The molecule has 0 saturated carbocycles. The minimum absolute atomic E-state index is 0.149. The van der Waals surface area contributed by atoms with Gasteiger partial charge in [-0.2, -0.15) is 13.2 Å². The Morgan fingerprint density at radius 1 is 1.31 bits per heavy atom. The highest BCUT2D eigenvalue weighted by molar-refractivity contribution is 4.55. The first-order valence-electron chi connectivity index (χ1n) is 4.37. The van der Waals surface area contributed by atoms with E-state index >= 15 is 0 Å². The Kier molecular flexibility index (Phi) is 6.07. The Morgan fingerprint density at radius 2 is 1.92 bits per heavy atom. The van der Waals surface area contributed by atoms with Crippen molar-refractivity contribution in [2.24, 2.45) is 0 Å². The fraction of sp³-hybridized carbons (Fsp3) is 1.00. The second-order valence-corrected chi connectivity index (χ2v) is 3.13. The van der Waals surface area contributed by atoms with Crippen molar-refractivity contribution in [2.75, 3.05) is 13.1 Å². The maximum atomic E-state index is 11.6. The summed E-state index contributed by atoms with van der Waals surface area (Å²) in [7, 11) is 0. The van der Waals surface area contributed by atoms with E-state index in [1.165, 1.54) is 0 Å². The van der Waals surface area contributed by atoms with E-state index in [1.807, 2.05) is 0 Å². The van der Waals surface area contributed by atoms with E-state index in [9.17, 15) is 13.2 Å². The molecule has 0 aromatic carbocycles. The number of halogens is 3. The van der Waals surface area contributed by atoms with Crippen molar-refractivity contribution in [1.82, 2.24) is 5.32 Å². The molecule has 1 atom stereocenters. The van der Waals surface area contributed by atoms with Crippen LogP contribution in [0.25, 0.3) is 0 Å². The van der Waals surface area contributed by atoms with E-state index in [2.05, 4.69) is 5.32 Å². The van der Waals surface area contributed by atoms with Gasteiger partial charge in [0.05, 0.1) is 6.10 Å². The van der Waals surface area contributed by atoms with Crippen molar-refractivity contribution in [1.29, 1.82) is 0 Å². The predicted molar refractivity (Wildman–Crippen MR) is 44.5 cm³/mol. The third kappa shape index (κ3) is 11.7. The molecule has 0 aromatic heterocycles. The van der Waals surface area contributed by atoms with Crippen LogP contribution in [-0.2, 0) is 0 Å². The minimum Gasteiger partial charge on any atom is -0.392 e. The van der Waals surface area contributed by atoms with Crippen LogP contribution in [0.3, 0.4) is 0 Å². The van der Waals surface area contributed by atoms with Crippen molar-refractivity contribution >= 4 is 0 Å². The van der Waals surface area contributed by atoms with E-state index in [1.54, 1.807) is 6.92 Å². The normalized spacial score (nSPS) is 14.5. The highest BCUT2D eigenvalue weighted by Gasteiger charge is 2.25. The van der Waals surface area contributed by atoms with Crippen molar-refractivity contribution in [3.63, 3.8) is 0 Å². The van der Waals surface area contributed by atoms with Gasteiger partial charge < -0.3 is 10.4 Å². The van der Waals surface area contributed by atoms with Crippen molar-refractivity contribution in [3.05, 3.63) is 0 Å². The molecule has 0 rings (SSSR count). The summed E-state index contributed by atoms with van der Waals surface area (Å²) in [5.41, 5.74) is 0. The average Bonchev–Trinajstić information content (AvgIpc) is 1.93. The van der Waals surface area contributed by atoms with Crippen LogP contribution in [-0.4, -0.2) is 30.5 Å². The maximum Gasteiger partial charge on any atom is 0.389 e. The van der Waals surface area contributed by atoms with Gasteiger partial charge in [-0.1, -0.05) is 0 Å². The second kappa shape index (κ2) is 6.21. The molecule has 0 unspecified atom stereocenters. The first-order chi connectivity index (χ1) is 5.92. The van der Waals surface area contributed by atoms with Crippen LogP contribution >= 0.6 is 0 Å². The highest BCUT2D eigenvalue weighted by atomic mass is 19.4. The van der Waals surface area contributed by atoms with Gasteiger partial charge in [-0.15, -0.1) is 0 Å². The molecule has 2 N–H and O–H groups in total.